The van der Waals surface area contributed by atoms with E-state index in [0.717, 1.165) is 31.2 Å². The molecule has 1 fully saturated rings. The van der Waals surface area contributed by atoms with E-state index in [-0.39, 0.29) is 15.8 Å². The smallest absolute Gasteiger partial charge is 0.256 e. The monoisotopic (exact) mass is 515 g/mol. The van der Waals surface area contributed by atoms with Crippen LogP contribution in [0, 0.1) is 0 Å². The van der Waals surface area contributed by atoms with Crippen molar-refractivity contribution in [2.75, 3.05) is 19.6 Å². The summed E-state index contributed by atoms with van der Waals surface area (Å²) in [7, 11) is -3.72. The molecule has 2 heterocycles. The summed E-state index contributed by atoms with van der Waals surface area (Å²) in [5, 5.41) is 3.69. The molecule has 0 aliphatic carbocycles. The zero-order valence-electron chi connectivity index (χ0n) is 19.8. The maximum atomic E-state index is 13.3. The van der Waals surface area contributed by atoms with Crippen molar-refractivity contribution >= 4 is 38.4 Å². The molecule has 0 radical (unpaired) electrons. The molecule has 0 atom stereocenters. The minimum absolute atomic E-state index is 0.000207. The molecule has 9 heteroatoms. The second-order valence-corrected chi connectivity index (χ2v) is 11.2. The Balaban J connectivity index is 1.63. The third-order valence-corrected chi connectivity index (χ3v) is 8.60. The van der Waals surface area contributed by atoms with Gasteiger partial charge in [0.25, 0.3) is 5.91 Å². The summed E-state index contributed by atoms with van der Waals surface area (Å²) >= 11 is 5.91. The van der Waals surface area contributed by atoms with Crippen LogP contribution in [0.15, 0.2) is 58.4 Å². The summed E-state index contributed by atoms with van der Waals surface area (Å²) in [4.78, 5) is 26.3. The van der Waals surface area contributed by atoms with Crippen molar-refractivity contribution in [1.82, 2.24) is 14.2 Å². The standard InChI is InChI=1S/C26H30ClN3O4S/c1-2-29-18-23(26(32)28-14-13-19-7-9-20(27)10-8-19)25(31)22-17-21(11-12-24(22)29)35(33,34)30-15-5-3-4-6-16-30/h7-12,17-18H,2-6,13-16H2,1H3,(H,28,32). The van der Waals surface area contributed by atoms with Gasteiger partial charge in [-0.15, -0.1) is 0 Å². The molecule has 7 nitrogen and oxygen atoms in total. The number of carbonyl (C=O) groups is 1. The van der Waals surface area contributed by atoms with Crippen LogP contribution in [-0.2, 0) is 23.0 Å². The number of fused-ring (bicyclic) bond motifs is 1. The number of aryl methyl sites for hydroxylation is 1. The molecular formula is C26H30ClN3O4S. The lowest BCUT2D eigenvalue weighted by Gasteiger charge is -2.20. The first-order valence-corrected chi connectivity index (χ1v) is 13.8. The average molecular weight is 516 g/mol. The summed E-state index contributed by atoms with van der Waals surface area (Å²) in [6.45, 7) is 3.76. The van der Waals surface area contributed by atoms with E-state index in [1.807, 2.05) is 19.1 Å². The highest BCUT2D eigenvalue weighted by molar-refractivity contribution is 7.89. The number of pyridine rings is 1. The molecule has 1 aromatic heterocycles. The lowest BCUT2D eigenvalue weighted by Crippen LogP contribution is -2.32. The molecule has 3 aromatic rings. The minimum atomic E-state index is -3.72. The highest BCUT2D eigenvalue weighted by atomic mass is 35.5. The number of aromatic nitrogens is 1. The number of hydrogen-bond acceptors (Lipinski definition) is 4. The summed E-state index contributed by atoms with van der Waals surface area (Å²) in [6, 6.07) is 12.0. The van der Waals surface area contributed by atoms with Crippen molar-refractivity contribution in [3.05, 3.63) is 75.0 Å². The number of hydrogen-bond donors (Lipinski definition) is 1. The predicted molar refractivity (Wildman–Crippen MR) is 139 cm³/mol. The second-order valence-electron chi connectivity index (χ2n) is 8.79. The highest BCUT2D eigenvalue weighted by Crippen LogP contribution is 2.23. The number of nitrogens with one attached hydrogen (secondary N) is 1. The van der Waals surface area contributed by atoms with Crippen LogP contribution in [-0.4, -0.2) is 42.8 Å². The molecule has 1 amide bonds. The van der Waals surface area contributed by atoms with Crippen LogP contribution in [0.25, 0.3) is 10.9 Å². The van der Waals surface area contributed by atoms with E-state index in [1.165, 1.54) is 10.4 Å². The second kappa shape index (κ2) is 10.9. The summed E-state index contributed by atoms with van der Waals surface area (Å²) < 4.78 is 29.9. The Morgan fingerprint density at radius 1 is 1.03 bits per heavy atom. The van der Waals surface area contributed by atoms with Gasteiger partial charge in [0, 0.05) is 42.8 Å². The lowest BCUT2D eigenvalue weighted by atomic mass is 10.1. The Bertz CT molecular complexity index is 1380. The van der Waals surface area contributed by atoms with Crippen LogP contribution in [0.3, 0.4) is 0 Å². The Labute approximate surface area is 210 Å². The minimum Gasteiger partial charge on any atom is -0.352 e. The number of carbonyl (C=O) groups excluding carboxylic acids is 1. The van der Waals surface area contributed by atoms with Gasteiger partial charge < -0.3 is 9.88 Å². The van der Waals surface area contributed by atoms with Crippen molar-refractivity contribution in [3.8, 4) is 0 Å². The molecule has 2 aromatic carbocycles. The van der Waals surface area contributed by atoms with Crippen molar-refractivity contribution in [2.24, 2.45) is 0 Å². The quantitative estimate of drug-likeness (QED) is 0.510. The number of amides is 1. The third-order valence-electron chi connectivity index (χ3n) is 6.45. The van der Waals surface area contributed by atoms with Crippen LogP contribution in [0.2, 0.25) is 5.02 Å². The van der Waals surface area contributed by atoms with Crippen LogP contribution >= 0.6 is 11.6 Å². The largest absolute Gasteiger partial charge is 0.352 e. The van der Waals surface area contributed by atoms with Crippen molar-refractivity contribution in [1.29, 1.82) is 0 Å². The number of benzene rings is 2. The number of nitrogens with zero attached hydrogens (tertiary/aromatic N) is 2. The van der Waals surface area contributed by atoms with Crippen LogP contribution in [0.5, 0.6) is 0 Å². The van der Waals surface area contributed by atoms with Gasteiger partial charge in [-0.05, 0) is 62.1 Å². The summed E-state index contributed by atoms with van der Waals surface area (Å²) in [5.41, 5.74) is 1.15. The maximum absolute atomic E-state index is 13.3. The average Bonchev–Trinajstić information content (AvgIpc) is 3.16. The summed E-state index contributed by atoms with van der Waals surface area (Å²) in [6.07, 6.45) is 5.83. The molecule has 35 heavy (non-hydrogen) atoms. The van der Waals surface area contributed by atoms with E-state index >= 15 is 0 Å². The molecule has 1 N–H and O–H groups in total. The van der Waals surface area contributed by atoms with E-state index in [0.29, 0.717) is 43.1 Å². The Kier molecular flexibility index (Phi) is 7.94. The molecule has 4 rings (SSSR count). The summed E-state index contributed by atoms with van der Waals surface area (Å²) in [5.74, 6) is -0.478. The maximum Gasteiger partial charge on any atom is 0.256 e. The molecular weight excluding hydrogens is 486 g/mol. The zero-order valence-corrected chi connectivity index (χ0v) is 21.4. The van der Waals surface area contributed by atoms with Crippen LogP contribution in [0.1, 0.15) is 48.5 Å². The molecule has 0 saturated carbocycles. The SMILES string of the molecule is CCn1cc(C(=O)NCCc2ccc(Cl)cc2)c(=O)c2cc(S(=O)(=O)N3CCCCCC3)ccc21. The van der Waals surface area contributed by atoms with Gasteiger partial charge in [0.05, 0.1) is 10.4 Å². The van der Waals surface area contributed by atoms with Crippen LogP contribution < -0.4 is 10.7 Å². The van der Waals surface area contributed by atoms with Gasteiger partial charge in [0.15, 0.2) is 0 Å². The fourth-order valence-electron chi connectivity index (χ4n) is 4.46. The van der Waals surface area contributed by atoms with Gasteiger partial charge in [0.2, 0.25) is 15.5 Å². The first-order chi connectivity index (χ1) is 16.8. The van der Waals surface area contributed by atoms with Gasteiger partial charge in [-0.2, -0.15) is 4.31 Å². The zero-order chi connectivity index (χ0) is 25.0. The van der Waals surface area contributed by atoms with E-state index in [4.69, 9.17) is 11.6 Å². The lowest BCUT2D eigenvalue weighted by molar-refractivity contribution is 0.0952. The number of rotatable bonds is 7. The molecule has 0 bridgehead atoms. The van der Waals surface area contributed by atoms with Gasteiger partial charge in [-0.3, -0.25) is 9.59 Å². The molecule has 1 aliphatic rings. The third kappa shape index (κ3) is 5.60. The molecule has 1 saturated heterocycles. The van der Waals surface area contributed by atoms with Crippen LogP contribution in [0.4, 0.5) is 0 Å². The van der Waals surface area contributed by atoms with Crippen molar-refractivity contribution in [2.45, 2.75) is 50.5 Å². The van der Waals surface area contributed by atoms with E-state index < -0.39 is 21.4 Å². The first-order valence-electron chi connectivity index (χ1n) is 12.0. The van der Waals surface area contributed by atoms with E-state index in [9.17, 15) is 18.0 Å². The first kappa shape index (κ1) is 25.4. The van der Waals surface area contributed by atoms with Crippen molar-refractivity contribution in [3.63, 3.8) is 0 Å². The van der Waals surface area contributed by atoms with Gasteiger partial charge in [-0.1, -0.05) is 36.6 Å². The van der Waals surface area contributed by atoms with E-state index in [1.54, 1.807) is 35.0 Å². The molecule has 186 valence electrons. The van der Waals surface area contributed by atoms with Gasteiger partial charge in [-0.25, -0.2) is 8.42 Å². The Morgan fingerprint density at radius 3 is 2.37 bits per heavy atom. The number of halogens is 1. The fraction of sp³-hybridized carbons (Fsp3) is 0.385. The molecule has 1 aliphatic heterocycles. The van der Waals surface area contributed by atoms with E-state index in [2.05, 4.69) is 5.32 Å². The molecule has 0 unspecified atom stereocenters. The Hall–Kier alpha value is -2.68. The normalized spacial score (nSPS) is 15.1. The molecule has 0 spiro atoms. The highest BCUT2D eigenvalue weighted by Gasteiger charge is 2.26. The van der Waals surface area contributed by atoms with Crippen molar-refractivity contribution < 1.29 is 13.2 Å². The Morgan fingerprint density at radius 2 is 1.71 bits per heavy atom. The van der Waals surface area contributed by atoms with Gasteiger partial charge in [0.1, 0.15) is 5.56 Å². The van der Waals surface area contributed by atoms with Gasteiger partial charge >= 0.3 is 0 Å². The fourth-order valence-corrected chi connectivity index (χ4v) is 6.13. The predicted octanol–water partition coefficient (Wildman–Crippen LogP) is 4.21. The number of sulfonamides is 1. The topological polar surface area (TPSA) is 88.5 Å².